The molecule has 0 aliphatic carbocycles. The molecule has 0 aliphatic heterocycles. The first-order chi connectivity index (χ1) is 11.1. The first kappa shape index (κ1) is 17.2. The molecule has 0 spiro atoms. The molecule has 8 heteroatoms. The van der Waals surface area contributed by atoms with E-state index in [1.54, 1.807) is 32.6 Å². The predicted molar refractivity (Wildman–Crippen MR) is 91.6 cm³/mol. The third-order valence-corrected chi connectivity index (χ3v) is 3.54. The van der Waals surface area contributed by atoms with E-state index in [0.29, 0.717) is 38.5 Å². The van der Waals surface area contributed by atoms with Crippen LogP contribution in [0.4, 0.5) is 5.69 Å². The van der Waals surface area contributed by atoms with Crippen molar-refractivity contribution in [3.05, 3.63) is 40.1 Å². The predicted octanol–water partition coefficient (Wildman–Crippen LogP) is 3.86. The van der Waals surface area contributed by atoms with Crippen molar-refractivity contribution in [2.75, 3.05) is 26.8 Å². The molecule has 0 atom stereocenters. The van der Waals surface area contributed by atoms with Gasteiger partial charge in [0.15, 0.2) is 11.5 Å². The van der Waals surface area contributed by atoms with Crippen LogP contribution in [0.15, 0.2) is 29.6 Å². The highest BCUT2D eigenvalue weighted by atomic mass is 35.5. The number of hydrogen-bond donors (Lipinski definition) is 1. The van der Waals surface area contributed by atoms with Gasteiger partial charge in [0.05, 0.1) is 43.3 Å². The van der Waals surface area contributed by atoms with E-state index in [-0.39, 0.29) is 0 Å². The number of aromatic nitrogens is 1. The van der Waals surface area contributed by atoms with Gasteiger partial charge in [-0.25, -0.2) is 0 Å². The SMILES string of the molecule is COc1ccc(/C=N\Nc2c(Cl)cncc2Cl)c(OC)c1OC. The Morgan fingerprint density at radius 3 is 2.22 bits per heavy atom. The summed E-state index contributed by atoms with van der Waals surface area (Å²) in [5.41, 5.74) is 3.95. The molecular formula is C15H15Cl2N3O3. The van der Waals surface area contributed by atoms with Crippen molar-refractivity contribution in [1.29, 1.82) is 0 Å². The number of hydrogen-bond acceptors (Lipinski definition) is 6. The van der Waals surface area contributed by atoms with Crippen LogP contribution in [-0.4, -0.2) is 32.5 Å². The molecule has 2 rings (SSSR count). The zero-order valence-electron chi connectivity index (χ0n) is 12.8. The average molecular weight is 356 g/mol. The van der Waals surface area contributed by atoms with Crippen molar-refractivity contribution in [3.63, 3.8) is 0 Å². The number of ether oxygens (including phenoxy) is 3. The second-order valence-electron chi connectivity index (χ2n) is 4.27. The molecule has 0 amide bonds. The van der Waals surface area contributed by atoms with Gasteiger partial charge in [-0.05, 0) is 12.1 Å². The van der Waals surface area contributed by atoms with E-state index in [1.165, 1.54) is 19.5 Å². The topological polar surface area (TPSA) is 65.0 Å². The maximum absolute atomic E-state index is 6.01. The summed E-state index contributed by atoms with van der Waals surface area (Å²) in [7, 11) is 4.63. The first-order valence-corrected chi connectivity index (χ1v) is 7.25. The minimum Gasteiger partial charge on any atom is -0.493 e. The molecule has 23 heavy (non-hydrogen) atoms. The zero-order chi connectivity index (χ0) is 16.8. The summed E-state index contributed by atoms with van der Waals surface area (Å²) in [5.74, 6) is 1.55. The standard InChI is InChI=1S/C15H15Cl2N3O3/c1-21-12-5-4-9(14(22-2)15(12)23-3)6-19-20-13-10(16)7-18-8-11(13)17/h4-8H,1-3H3,(H,18,20)/b19-6-. The summed E-state index contributed by atoms with van der Waals surface area (Å²) in [6.07, 6.45) is 4.51. The minimum atomic E-state index is 0.369. The number of nitrogens with one attached hydrogen (secondary N) is 1. The largest absolute Gasteiger partial charge is 0.493 e. The summed E-state index contributed by atoms with van der Waals surface area (Å²) in [4.78, 5) is 3.87. The van der Waals surface area contributed by atoms with Crippen molar-refractivity contribution < 1.29 is 14.2 Å². The lowest BCUT2D eigenvalue weighted by Crippen LogP contribution is -1.99. The Hall–Kier alpha value is -2.18. The summed E-state index contributed by atoms with van der Waals surface area (Å²) in [5, 5.41) is 4.86. The molecule has 0 bridgehead atoms. The molecule has 0 radical (unpaired) electrons. The highest BCUT2D eigenvalue weighted by Gasteiger charge is 2.14. The first-order valence-electron chi connectivity index (χ1n) is 6.49. The number of hydrazone groups is 1. The molecule has 1 N–H and O–H groups in total. The summed E-state index contributed by atoms with van der Waals surface area (Å²) >= 11 is 12.0. The lowest BCUT2D eigenvalue weighted by Gasteiger charge is -2.13. The van der Waals surface area contributed by atoms with Crippen molar-refractivity contribution in [2.24, 2.45) is 5.10 Å². The van der Waals surface area contributed by atoms with Crippen LogP contribution < -0.4 is 19.6 Å². The number of halogens is 2. The van der Waals surface area contributed by atoms with Gasteiger partial charge in [-0.2, -0.15) is 5.10 Å². The Kier molecular flexibility index (Phi) is 5.90. The number of rotatable bonds is 6. The second-order valence-corrected chi connectivity index (χ2v) is 5.09. The molecule has 6 nitrogen and oxygen atoms in total. The van der Waals surface area contributed by atoms with Gasteiger partial charge in [0.2, 0.25) is 5.75 Å². The normalized spacial score (nSPS) is 10.7. The summed E-state index contributed by atoms with van der Waals surface area (Å²) < 4.78 is 15.9. The fourth-order valence-corrected chi connectivity index (χ4v) is 2.36. The molecular weight excluding hydrogens is 341 g/mol. The molecule has 0 unspecified atom stereocenters. The average Bonchev–Trinajstić information content (AvgIpc) is 2.56. The van der Waals surface area contributed by atoms with Gasteiger partial charge >= 0.3 is 0 Å². The van der Waals surface area contributed by atoms with Crippen LogP contribution in [0.5, 0.6) is 17.2 Å². The van der Waals surface area contributed by atoms with Crippen LogP contribution in [0.25, 0.3) is 0 Å². The number of benzene rings is 1. The van der Waals surface area contributed by atoms with Gasteiger partial charge in [-0.15, -0.1) is 0 Å². The Morgan fingerprint density at radius 2 is 1.65 bits per heavy atom. The molecule has 0 aliphatic rings. The van der Waals surface area contributed by atoms with Gasteiger partial charge < -0.3 is 14.2 Å². The molecule has 1 heterocycles. The van der Waals surface area contributed by atoms with Crippen molar-refractivity contribution in [1.82, 2.24) is 4.98 Å². The third-order valence-electron chi connectivity index (χ3n) is 2.97. The van der Waals surface area contributed by atoms with Gasteiger partial charge in [0.1, 0.15) is 0 Å². The highest BCUT2D eigenvalue weighted by Crippen LogP contribution is 2.39. The fraction of sp³-hybridized carbons (Fsp3) is 0.200. The minimum absolute atomic E-state index is 0.369. The van der Waals surface area contributed by atoms with Gasteiger partial charge in [0, 0.05) is 18.0 Å². The summed E-state index contributed by atoms with van der Waals surface area (Å²) in [6.45, 7) is 0. The zero-order valence-corrected chi connectivity index (χ0v) is 14.3. The van der Waals surface area contributed by atoms with E-state index in [4.69, 9.17) is 37.4 Å². The Labute approximate surface area is 144 Å². The Bertz CT molecular complexity index is 703. The molecule has 1 aromatic carbocycles. The van der Waals surface area contributed by atoms with Crippen LogP contribution >= 0.6 is 23.2 Å². The van der Waals surface area contributed by atoms with E-state index >= 15 is 0 Å². The Balaban J connectivity index is 2.29. The number of anilines is 1. The van der Waals surface area contributed by atoms with Crippen LogP contribution in [-0.2, 0) is 0 Å². The van der Waals surface area contributed by atoms with Gasteiger partial charge in [0.25, 0.3) is 0 Å². The van der Waals surface area contributed by atoms with Crippen LogP contribution in [0.2, 0.25) is 10.0 Å². The summed E-state index contributed by atoms with van der Waals surface area (Å²) in [6, 6.07) is 3.55. The molecule has 1 aromatic heterocycles. The molecule has 2 aromatic rings. The molecule has 0 saturated carbocycles. The van der Waals surface area contributed by atoms with Crippen molar-refractivity contribution >= 4 is 35.1 Å². The van der Waals surface area contributed by atoms with Crippen molar-refractivity contribution in [3.8, 4) is 17.2 Å². The van der Waals surface area contributed by atoms with E-state index < -0.39 is 0 Å². The van der Waals surface area contributed by atoms with E-state index in [1.807, 2.05) is 0 Å². The fourth-order valence-electron chi connectivity index (χ4n) is 1.91. The second kappa shape index (κ2) is 7.89. The molecule has 122 valence electrons. The number of methoxy groups -OCH3 is 3. The van der Waals surface area contributed by atoms with E-state index in [0.717, 1.165) is 0 Å². The maximum atomic E-state index is 6.01. The van der Waals surface area contributed by atoms with E-state index in [2.05, 4.69) is 15.5 Å². The lowest BCUT2D eigenvalue weighted by atomic mass is 10.2. The third kappa shape index (κ3) is 3.78. The van der Waals surface area contributed by atoms with Gasteiger partial charge in [-0.3, -0.25) is 10.4 Å². The number of pyridine rings is 1. The molecule has 0 saturated heterocycles. The maximum Gasteiger partial charge on any atom is 0.203 e. The van der Waals surface area contributed by atoms with Crippen molar-refractivity contribution in [2.45, 2.75) is 0 Å². The van der Waals surface area contributed by atoms with Crippen LogP contribution in [0, 0.1) is 0 Å². The Morgan fingerprint density at radius 1 is 1.00 bits per heavy atom. The monoisotopic (exact) mass is 355 g/mol. The van der Waals surface area contributed by atoms with Crippen LogP contribution in [0.1, 0.15) is 5.56 Å². The molecule has 0 fully saturated rings. The van der Waals surface area contributed by atoms with Gasteiger partial charge in [-0.1, -0.05) is 23.2 Å². The van der Waals surface area contributed by atoms with E-state index in [9.17, 15) is 0 Å². The van der Waals surface area contributed by atoms with Crippen LogP contribution in [0.3, 0.4) is 0 Å². The number of nitrogens with zero attached hydrogens (tertiary/aromatic N) is 2. The highest BCUT2D eigenvalue weighted by molar-refractivity contribution is 6.38. The lowest BCUT2D eigenvalue weighted by molar-refractivity contribution is 0.324. The smallest absolute Gasteiger partial charge is 0.203 e. The quantitative estimate of drug-likeness (QED) is 0.629.